The van der Waals surface area contributed by atoms with Crippen molar-refractivity contribution in [2.75, 3.05) is 6.54 Å². The molecule has 1 unspecified atom stereocenters. The zero-order valence-corrected chi connectivity index (χ0v) is 10.5. The summed E-state index contributed by atoms with van der Waals surface area (Å²) in [5.41, 5.74) is 6.03. The average molecular weight is 225 g/mol. The molecule has 16 heavy (non-hydrogen) atoms. The van der Waals surface area contributed by atoms with Crippen molar-refractivity contribution in [2.45, 2.75) is 70.3 Å². The highest BCUT2D eigenvalue weighted by atomic mass is 16.3. The first-order chi connectivity index (χ1) is 7.78. The molecular weight excluding hydrogens is 198 g/mol. The Bertz CT molecular complexity index is 203. The van der Waals surface area contributed by atoms with Gasteiger partial charge in [0.1, 0.15) is 0 Å². The molecule has 0 amide bonds. The second kappa shape index (κ2) is 5.50. The van der Waals surface area contributed by atoms with Crippen molar-refractivity contribution in [1.29, 1.82) is 0 Å². The fourth-order valence-corrected chi connectivity index (χ4v) is 3.83. The monoisotopic (exact) mass is 225 g/mol. The van der Waals surface area contributed by atoms with Gasteiger partial charge in [0.15, 0.2) is 0 Å². The zero-order valence-electron chi connectivity index (χ0n) is 10.5. The van der Waals surface area contributed by atoms with Crippen LogP contribution in [0.15, 0.2) is 0 Å². The van der Waals surface area contributed by atoms with Crippen LogP contribution in [0.1, 0.15) is 64.2 Å². The summed E-state index contributed by atoms with van der Waals surface area (Å²) >= 11 is 0. The number of aliphatic hydroxyl groups excluding tert-OH is 1. The highest BCUT2D eigenvalue weighted by Gasteiger charge is 2.42. The molecule has 0 aliphatic heterocycles. The number of aliphatic hydroxyl groups is 1. The average Bonchev–Trinajstić information content (AvgIpc) is 2.64. The summed E-state index contributed by atoms with van der Waals surface area (Å²) in [6.07, 6.45) is 12.5. The Labute approximate surface area is 99.6 Å². The molecule has 2 heteroatoms. The topological polar surface area (TPSA) is 46.2 Å². The van der Waals surface area contributed by atoms with Gasteiger partial charge in [0.05, 0.1) is 6.10 Å². The molecule has 0 spiro atoms. The number of hydrogen-bond acceptors (Lipinski definition) is 2. The predicted octanol–water partition coefficient (Wildman–Crippen LogP) is 2.84. The molecule has 0 radical (unpaired) electrons. The predicted molar refractivity (Wildman–Crippen MR) is 67.2 cm³/mol. The lowest BCUT2D eigenvalue weighted by Crippen LogP contribution is -2.43. The lowest BCUT2D eigenvalue weighted by atomic mass is 9.73. The Morgan fingerprint density at radius 3 is 2.06 bits per heavy atom. The number of rotatable bonds is 3. The highest BCUT2D eigenvalue weighted by Crippen LogP contribution is 2.44. The van der Waals surface area contributed by atoms with E-state index in [1.807, 2.05) is 0 Å². The Hall–Kier alpha value is -0.0800. The summed E-state index contributed by atoms with van der Waals surface area (Å²) in [5, 5.41) is 10.7. The van der Waals surface area contributed by atoms with Crippen molar-refractivity contribution in [3.8, 4) is 0 Å². The minimum absolute atomic E-state index is 0.0784. The normalized spacial score (nSPS) is 28.9. The molecule has 3 N–H and O–H groups in total. The Morgan fingerprint density at radius 2 is 1.56 bits per heavy atom. The van der Waals surface area contributed by atoms with Gasteiger partial charge in [-0.2, -0.15) is 0 Å². The smallest absolute Gasteiger partial charge is 0.0636 e. The van der Waals surface area contributed by atoms with Gasteiger partial charge in [-0.25, -0.2) is 0 Å². The maximum atomic E-state index is 10.7. The van der Waals surface area contributed by atoms with E-state index in [9.17, 15) is 5.11 Å². The molecule has 0 heterocycles. The van der Waals surface area contributed by atoms with Crippen molar-refractivity contribution in [1.82, 2.24) is 0 Å². The van der Waals surface area contributed by atoms with E-state index in [2.05, 4.69) is 0 Å². The zero-order chi connectivity index (χ0) is 11.4. The van der Waals surface area contributed by atoms with Crippen LogP contribution in [0.4, 0.5) is 0 Å². The van der Waals surface area contributed by atoms with Crippen LogP contribution in [0.2, 0.25) is 0 Å². The third-order valence-corrected chi connectivity index (χ3v) is 4.98. The molecule has 2 aliphatic carbocycles. The molecule has 2 fully saturated rings. The maximum Gasteiger partial charge on any atom is 0.0636 e. The van der Waals surface area contributed by atoms with Crippen LogP contribution in [-0.4, -0.2) is 17.8 Å². The summed E-state index contributed by atoms with van der Waals surface area (Å²) in [4.78, 5) is 0. The third-order valence-electron chi connectivity index (χ3n) is 4.98. The molecule has 2 saturated carbocycles. The van der Waals surface area contributed by atoms with E-state index in [-0.39, 0.29) is 11.5 Å². The van der Waals surface area contributed by atoms with Crippen LogP contribution >= 0.6 is 0 Å². The largest absolute Gasteiger partial charge is 0.392 e. The van der Waals surface area contributed by atoms with E-state index >= 15 is 0 Å². The van der Waals surface area contributed by atoms with Crippen LogP contribution in [-0.2, 0) is 0 Å². The summed E-state index contributed by atoms with van der Waals surface area (Å²) in [6, 6.07) is 0. The third kappa shape index (κ3) is 2.43. The fraction of sp³-hybridized carbons (Fsp3) is 1.00. The summed E-state index contributed by atoms with van der Waals surface area (Å²) in [5.74, 6) is 0.532. The van der Waals surface area contributed by atoms with Crippen molar-refractivity contribution < 1.29 is 5.11 Å². The van der Waals surface area contributed by atoms with Crippen LogP contribution in [0.5, 0.6) is 0 Å². The fourth-order valence-electron chi connectivity index (χ4n) is 3.83. The Kier molecular flexibility index (Phi) is 4.26. The summed E-state index contributed by atoms with van der Waals surface area (Å²) in [6.45, 7) is 0.685. The minimum atomic E-state index is -0.127. The first-order valence-electron chi connectivity index (χ1n) is 7.17. The molecule has 94 valence electrons. The van der Waals surface area contributed by atoms with E-state index in [0.29, 0.717) is 12.5 Å². The molecule has 0 aromatic rings. The standard InChI is InChI=1S/C14H27NO/c15-11-14(9-5-6-10-14)13(16)12-7-3-1-2-4-8-12/h12-13,16H,1-11,15H2. The van der Waals surface area contributed by atoms with E-state index in [4.69, 9.17) is 5.73 Å². The minimum Gasteiger partial charge on any atom is -0.392 e. The molecule has 0 aromatic carbocycles. The van der Waals surface area contributed by atoms with E-state index in [1.54, 1.807) is 0 Å². The van der Waals surface area contributed by atoms with Gasteiger partial charge in [0, 0.05) is 12.0 Å². The van der Waals surface area contributed by atoms with Gasteiger partial charge >= 0.3 is 0 Å². The van der Waals surface area contributed by atoms with E-state index < -0.39 is 0 Å². The van der Waals surface area contributed by atoms with Crippen LogP contribution < -0.4 is 5.73 Å². The summed E-state index contributed by atoms with van der Waals surface area (Å²) < 4.78 is 0. The van der Waals surface area contributed by atoms with Crippen molar-refractivity contribution in [2.24, 2.45) is 17.1 Å². The first-order valence-corrected chi connectivity index (χ1v) is 7.17. The second-order valence-corrected chi connectivity index (χ2v) is 5.97. The van der Waals surface area contributed by atoms with Crippen molar-refractivity contribution >= 4 is 0 Å². The Balaban J connectivity index is 2.00. The van der Waals surface area contributed by atoms with Crippen LogP contribution in [0, 0.1) is 11.3 Å². The van der Waals surface area contributed by atoms with Gasteiger partial charge < -0.3 is 10.8 Å². The van der Waals surface area contributed by atoms with Gasteiger partial charge in [0.25, 0.3) is 0 Å². The Morgan fingerprint density at radius 1 is 1.00 bits per heavy atom. The quantitative estimate of drug-likeness (QED) is 0.726. The molecule has 0 bridgehead atoms. The molecule has 2 nitrogen and oxygen atoms in total. The number of hydrogen-bond donors (Lipinski definition) is 2. The van der Waals surface area contributed by atoms with E-state index in [1.165, 1.54) is 51.4 Å². The highest BCUT2D eigenvalue weighted by molar-refractivity contribution is 4.94. The lowest BCUT2D eigenvalue weighted by molar-refractivity contribution is -0.0165. The molecule has 0 aromatic heterocycles. The van der Waals surface area contributed by atoms with Crippen LogP contribution in [0.25, 0.3) is 0 Å². The molecule has 2 rings (SSSR count). The molecule has 2 aliphatic rings. The van der Waals surface area contributed by atoms with Gasteiger partial charge in [-0.3, -0.25) is 0 Å². The van der Waals surface area contributed by atoms with Crippen molar-refractivity contribution in [3.63, 3.8) is 0 Å². The molecular formula is C14H27NO. The van der Waals surface area contributed by atoms with E-state index in [0.717, 1.165) is 12.8 Å². The maximum absolute atomic E-state index is 10.7. The SMILES string of the molecule is NCC1(C(O)C2CCCCCC2)CCCC1. The summed E-state index contributed by atoms with van der Waals surface area (Å²) in [7, 11) is 0. The van der Waals surface area contributed by atoms with Crippen LogP contribution in [0.3, 0.4) is 0 Å². The van der Waals surface area contributed by atoms with Crippen molar-refractivity contribution in [3.05, 3.63) is 0 Å². The number of nitrogens with two attached hydrogens (primary N) is 1. The van der Waals surface area contributed by atoms with Gasteiger partial charge in [-0.05, 0) is 31.6 Å². The van der Waals surface area contributed by atoms with Gasteiger partial charge in [-0.15, -0.1) is 0 Å². The first kappa shape index (κ1) is 12.4. The van der Waals surface area contributed by atoms with Gasteiger partial charge in [0.2, 0.25) is 0 Å². The lowest BCUT2D eigenvalue weighted by Gasteiger charge is -2.37. The molecule has 1 atom stereocenters. The van der Waals surface area contributed by atoms with Gasteiger partial charge in [-0.1, -0.05) is 38.5 Å². The second-order valence-electron chi connectivity index (χ2n) is 5.97. The molecule has 0 saturated heterocycles.